The van der Waals surface area contributed by atoms with Crippen molar-refractivity contribution in [3.8, 4) is 17.2 Å². The number of carbonyl (C=O) groups excluding carboxylic acids is 1. The standard InChI is InChI=1S/C23H19BrN2O3/c1-13-10-14(2)21-19(11-13)26-23(29-21)15-4-7-17(8-5-15)25-22(27)16-6-9-20(28-3)18(24)12-16/h4-12H,1-3H3,(H,25,27). The first kappa shape index (κ1) is 19.2. The van der Waals surface area contributed by atoms with Crippen LogP contribution in [0.5, 0.6) is 5.75 Å². The number of carbonyl (C=O) groups is 1. The summed E-state index contributed by atoms with van der Waals surface area (Å²) >= 11 is 3.40. The summed E-state index contributed by atoms with van der Waals surface area (Å²) in [6.07, 6.45) is 0. The maximum atomic E-state index is 12.5. The van der Waals surface area contributed by atoms with Crippen molar-refractivity contribution in [2.75, 3.05) is 12.4 Å². The number of aromatic nitrogens is 1. The molecule has 29 heavy (non-hydrogen) atoms. The summed E-state index contributed by atoms with van der Waals surface area (Å²) in [5.74, 6) is 1.04. The van der Waals surface area contributed by atoms with E-state index in [0.717, 1.165) is 32.3 Å². The summed E-state index contributed by atoms with van der Waals surface area (Å²) < 4.78 is 11.9. The van der Waals surface area contributed by atoms with Crippen molar-refractivity contribution >= 4 is 38.6 Å². The Labute approximate surface area is 176 Å². The third kappa shape index (κ3) is 3.89. The molecule has 0 aliphatic rings. The number of hydrogen-bond acceptors (Lipinski definition) is 4. The molecule has 0 radical (unpaired) electrons. The van der Waals surface area contributed by atoms with Crippen LogP contribution < -0.4 is 10.1 Å². The van der Waals surface area contributed by atoms with Crippen molar-refractivity contribution < 1.29 is 13.9 Å². The number of methoxy groups -OCH3 is 1. The van der Waals surface area contributed by atoms with Gasteiger partial charge in [0.2, 0.25) is 5.89 Å². The van der Waals surface area contributed by atoms with E-state index in [-0.39, 0.29) is 5.91 Å². The first-order valence-corrected chi connectivity index (χ1v) is 9.87. The van der Waals surface area contributed by atoms with Gasteiger partial charge in [0.25, 0.3) is 5.91 Å². The highest BCUT2D eigenvalue weighted by molar-refractivity contribution is 9.10. The Balaban J connectivity index is 1.54. The van der Waals surface area contributed by atoms with E-state index in [4.69, 9.17) is 9.15 Å². The third-order valence-corrected chi connectivity index (χ3v) is 5.24. The number of rotatable bonds is 4. The van der Waals surface area contributed by atoms with E-state index >= 15 is 0 Å². The van der Waals surface area contributed by atoms with Crippen LogP contribution in [0.1, 0.15) is 21.5 Å². The number of fused-ring (bicyclic) bond motifs is 1. The molecule has 0 aliphatic heterocycles. The summed E-state index contributed by atoms with van der Waals surface area (Å²) in [4.78, 5) is 17.1. The molecule has 4 aromatic rings. The average molecular weight is 451 g/mol. The summed E-state index contributed by atoms with van der Waals surface area (Å²) in [7, 11) is 1.58. The maximum absolute atomic E-state index is 12.5. The van der Waals surface area contributed by atoms with Crippen LogP contribution in [-0.4, -0.2) is 18.0 Å². The highest BCUT2D eigenvalue weighted by atomic mass is 79.9. The van der Waals surface area contributed by atoms with Crippen LogP contribution in [0.4, 0.5) is 5.69 Å². The molecule has 0 saturated carbocycles. The van der Waals surface area contributed by atoms with Gasteiger partial charge in [-0.05, 0) is 89.4 Å². The van der Waals surface area contributed by atoms with E-state index in [0.29, 0.717) is 22.9 Å². The Morgan fingerprint density at radius 3 is 2.52 bits per heavy atom. The Morgan fingerprint density at radius 1 is 1.07 bits per heavy atom. The minimum absolute atomic E-state index is 0.200. The molecule has 1 heterocycles. The number of oxazole rings is 1. The van der Waals surface area contributed by atoms with Gasteiger partial charge in [-0.2, -0.15) is 0 Å². The van der Waals surface area contributed by atoms with Gasteiger partial charge < -0.3 is 14.5 Å². The molecule has 0 spiro atoms. The predicted molar refractivity (Wildman–Crippen MR) is 118 cm³/mol. The molecule has 3 aromatic carbocycles. The molecule has 146 valence electrons. The first-order valence-electron chi connectivity index (χ1n) is 9.08. The average Bonchev–Trinajstić information content (AvgIpc) is 3.13. The molecular weight excluding hydrogens is 432 g/mol. The molecule has 0 aliphatic carbocycles. The van der Waals surface area contributed by atoms with E-state index in [2.05, 4.69) is 32.3 Å². The van der Waals surface area contributed by atoms with Crippen LogP contribution in [-0.2, 0) is 0 Å². The van der Waals surface area contributed by atoms with Crippen LogP contribution >= 0.6 is 15.9 Å². The van der Waals surface area contributed by atoms with Gasteiger partial charge in [-0.3, -0.25) is 4.79 Å². The summed E-state index contributed by atoms with van der Waals surface area (Å²) in [5, 5.41) is 2.89. The van der Waals surface area contributed by atoms with Crippen molar-refractivity contribution in [2.24, 2.45) is 0 Å². The van der Waals surface area contributed by atoms with Crippen molar-refractivity contribution in [3.05, 3.63) is 75.8 Å². The lowest BCUT2D eigenvalue weighted by Crippen LogP contribution is -2.11. The molecule has 4 rings (SSSR count). The molecule has 6 heteroatoms. The van der Waals surface area contributed by atoms with Gasteiger partial charge in [0.15, 0.2) is 5.58 Å². The van der Waals surface area contributed by atoms with Crippen LogP contribution in [0, 0.1) is 13.8 Å². The largest absolute Gasteiger partial charge is 0.496 e. The minimum Gasteiger partial charge on any atom is -0.496 e. The minimum atomic E-state index is -0.200. The van der Waals surface area contributed by atoms with Gasteiger partial charge in [0, 0.05) is 16.8 Å². The van der Waals surface area contributed by atoms with Gasteiger partial charge in [0.1, 0.15) is 11.3 Å². The second-order valence-corrected chi connectivity index (χ2v) is 7.68. The highest BCUT2D eigenvalue weighted by Gasteiger charge is 2.12. The second-order valence-electron chi connectivity index (χ2n) is 6.83. The molecule has 1 amide bonds. The van der Waals surface area contributed by atoms with Crippen LogP contribution in [0.3, 0.4) is 0 Å². The van der Waals surface area contributed by atoms with E-state index in [9.17, 15) is 4.79 Å². The van der Waals surface area contributed by atoms with Crippen LogP contribution in [0.2, 0.25) is 0 Å². The van der Waals surface area contributed by atoms with E-state index in [1.807, 2.05) is 44.2 Å². The van der Waals surface area contributed by atoms with Crippen molar-refractivity contribution in [2.45, 2.75) is 13.8 Å². The van der Waals surface area contributed by atoms with E-state index in [1.54, 1.807) is 25.3 Å². The molecule has 0 unspecified atom stereocenters. The molecule has 5 nitrogen and oxygen atoms in total. The molecule has 0 atom stereocenters. The first-order chi connectivity index (χ1) is 13.9. The molecule has 1 aromatic heterocycles. The number of halogens is 1. The lowest BCUT2D eigenvalue weighted by Gasteiger charge is -2.08. The lowest BCUT2D eigenvalue weighted by molar-refractivity contribution is 0.102. The third-order valence-electron chi connectivity index (χ3n) is 4.62. The van der Waals surface area contributed by atoms with Gasteiger partial charge in [-0.15, -0.1) is 0 Å². The molecular formula is C23H19BrN2O3. The molecule has 0 bridgehead atoms. The van der Waals surface area contributed by atoms with Gasteiger partial charge in [0.05, 0.1) is 11.6 Å². The smallest absolute Gasteiger partial charge is 0.255 e. The van der Waals surface area contributed by atoms with Crippen molar-refractivity contribution in [1.82, 2.24) is 4.98 Å². The quantitative estimate of drug-likeness (QED) is 0.405. The van der Waals surface area contributed by atoms with Crippen molar-refractivity contribution in [3.63, 3.8) is 0 Å². The zero-order chi connectivity index (χ0) is 20.5. The normalized spacial score (nSPS) is 10.9. The monoisotopic (exact) mass is 450 g/mol. The Bertz CT molecular complexity index is 1210. The second kappa shape index (κ2) is 7.72. The van der Waals surface area contributed by atoms with Gasteiger partial charge >= 0.3 is 0 Å². The number of nitrogens with one attached hydrogen (secondary N) is 1. The number of ether oxygens (including phenoxy) is 1. The Hall–Kier alpha value is -3.12. The fraction of sp³-hybridized carbons (Fsp3) is 0.130. The summed E-state index contributed by atoms with van der Waals surface area (Å²) in [6.45, 7) is 4.06. The SMILES string of the molecule is COc1ccc(C(=O)Nc2ccc(-c3nc4cc(C)cc(C)c4o3)cc2)cc1Br. The molecule has 0 saturated heterocycles. The number of benzene rings is 3. The molecule has 1 N–H and O–H groups in total. The topological polar surface area (TPSA) is 64.4 Å². The van der Waals surface area contributed by atoms with Crippen LogP contribution in [0.15, 0.2) is 63.5 Å². The number of hydrogen-bond donors (Lipinski definition) is 1. The zero-order valence-electron chi connectivity index (χ0n) is 16.2. The van der Waals surface area contributed by atoms with E-state index < -0.39 is 0 Å². The lowest BCUT2D eigenvalue weighted by atomic mass is 10.1. The fourth-order valence-electron chi connectivity index (χ4n) is 3.21. The zero-order valence-corrected chi connectivity index (χ0v) is 17.8. The van der Waals surface area contributed by atoms with Crippen LogP contribution in [0.25, 0.3) is 22.6 Å². The predicted octanol–water partition coefficient (Wildman–Crippen LogP) is 6.14. The molecule has 0 fully saturated rings. The van der Waals surface area contributed by atoms with Gasteiger partial charge in [-0.25, -0.2) is 4.98 Å². The van der Waals surface area contributed by atoms with E-state index in [1.165, 1.54) is 0 Å². The number of aryl methyl sites for hydroxylation is 2. The summed E-state index contributed by atoms with van der Waals surface area (Å²) in [6, 6.07) is 16.7. The van der Waals surface area contributed by atoms with Crippen molar-refractivity contribution in [1.29, 1.82) is 0 Å². The Morgan fingerprint density at radius 2 is 1.83 bits per heavy atom. The highest BCUT2D eigenvalue weighted by Crippen LogP contribution is 2.29. The summed E-state index contributed by atoms with van der Waals surface area (Å²) in [5.41, 5.74) is 5.93. The number of amides is 1. The maximum Gasteiger partial charge on any atom is 0.255 e. The Kier molecular flexibility index (Phi) is 5.11. The number of anilines is 1. The fourth-order valence-corrected chi connectivity index (χ4v) is 3.75. The number of nitrogens with zero attached hydrogens (tertiary/aromatic N) is 1. The van der Waals surface area contributed by atoms with Gasteiger partial charge in [-0.1, -0.05) is 6.07 Å².